The van der Waals surface area contributed by atoms with E-state index in [1.54, 1.807) is 26.4 Å². The maximum Gasteiger partial charge on any atom is 0.251 e. The number of methoxy groups -OCH3 is 2. The van der Waals surface area contributed by atoms with Gasteiger partial charge in [0, 0.05) is 37.9 Å². The van der Waals surface area contributed by atoms with Crippen molar-refractivity contribution in [2.45, 2.75) is 32.1 Å². The zero-order valence-corrected chi connectivity index (χ0v) is 16.9. The molecule has 2 aromatic carbocycles. The number of rotatable bonds is 10. The Kier molecular flexibility index (Phi) is 7.38. The van der Waals surface area contributed by atoms with Crippen LogP contribution in [0.15, 0.2) is 48.5 Å². The van der Waals surface area contributed by atoms with E-state index in [9.17, 15) is 9.59 Å². The number of carbonyl (C=O) groups excluding carboxylic acids is 2. The van der Waals surface area contributed by atoms with Crippen LogP contribution in [0.1, 0.15) is 44.7 Å². The summed E-state index contributed by atoms with van der Waals surface area (Å²) in [7, 11) is 3.22. The van der Waals surface area contributed by atoms with Crippen LogP contribution in [-0.2, 0) is 22.7 Å². The first-order chi connectivity index (χ1) is 14.1. The molecule has 0 aromatic heterocycles. The summed E-state index contributed by atoms with van der Waals surface area (Å²) >= 11 is 0. The van der Waals surface area contributed by atoms with Crippen molar-refractivity contribution in [3.05, 3.63) is 70.8 Å². The van der Waals surface area contributed by atoms with Gasteiger partial charge in [0.15, 0.2) is 0 Å². The Bertz CT molecular complexity index is 848. The van der Waals surface area contributed by atoms with Crippen molar-refractivity contribution in [2.75, 3.05) is 20.8 Å². The number of carbonyl (C=O) groups is 2. The molecule has 0 saturated heterocycles. The molecule has 1 fully saturated rings. The summed E-state index contributed by atoms with van der Waals surface area (Å²) < 4.78 is 10.4. The van der Waals surface area contributed by atoms with Gasteiger partial charge in [0.1, 0.15) is 0 Å². The fourth-order valence-electron chi connectivity index (χ4n) is 3.42. The summed E-state index contributed by atoms with van der Waals surface area (Å²) in [5.74, 6) is 0.101. The van der Waals surface area contributed by atoms with Crippen LogP contribution in [0, 0.1) is 5.92 Å². The molecule has 3 rings (SSSR count). The van der Waals surface area contributed by atoms with Crippen molar-refractivity contribution < 1.29 is 19.1 Å². The van der Waals surface area contributed by atoms with E-state index >= 15 is 0 Å². The van der Waals surface area contributed by atoms with Gasteiger partial charge in [0.05, 0.1) is 13.2 Å². The third-order valence-electron chi connectivity index (χ3n) is 5.11. The van der Waals surface area contributed by atoms with Crippen molar-refractivity contribution in [3.8, 4) is 0 Å². The smallest absolute Gasteiger partial charge is 0.251 e. The summed E-state index contributed by atoms with van der Waals surface area (Å²) in [6.45, 7) is 1.15. The Morgan fingerprint density at radius 3 is 1.93 bits per heavy atom. The van der Waals surface area contributed by atoms with Gasteiger partial charge >= 0.3 is 0 Å². The van der Waals surface area contributed by atoms with Gasteiger partial charge in [-0.05, 0) is 42.0 Å². The van der Waals surface area contributed by atoms with E-state index in [4.69, 9.17) is 9.47 Å². The molecule has 1 aliphatic carbocycles. The van der Waals surface area contributed by atoms with Gasteiger partial charge in [-0.15, -0.1) is 0 Å². The summed E-state index contributed by atoms with van der Waals surface area (Å²) in [4.78, 5) is 25.5. The highest BCUT2D eigenvalue weighted by Gasteiger charge is 2.33. The standard InChI is InChI=1S/C23H28N2O4/c1-28-14-17-7-3-5-9-19(17)22(26)24-13-21(16-11-12-16)25-23(27)20-10-6-4-8-18(20)15-29-2/h3-10,16,21H,11-15H2,1-2H3,(H,24,26)(H,25,27). The van der Waals surface area contributed by atoms with Crippen LogP contribution in [0.3, 0.4) is 0 Å². The van der Waals surface area contributed by atoms with E-state index in [1.165, 1.54) is 0 Å². The van der Waals surface area contributed by atoms with Gasteiger partial charge in [0.2, 0.25) is 0 Å². The van der Waals surface area contributed by atoms with Crippen LogP contribution in [-0.4, -0.2) is 38.6 Å². The second-order valence-electron chi connectivity index (χ2n) is 7.31. The number of hydrogen-bond acceptors (Lipinski definition) is 4. The predicted octanol–water partition coefficient (Wildman–Crippen LogP) is 2.92. The molecule has 2 aromatic rings. The van der Waals surface area contributed by atoms with Gasteiger partial charge < -0.3 is 20.1 Å². The Balaban J connectivity index is 1.64. The molecular formula is C23H28N2O4. The van der Waals surface area contributed by atoms with E-state index < -0.39 is 0 Å². The van der Waals surface area contributed by atoms with Crippen LogP contribution in [0.4, 0.5) is 0 Å². The van der Waals surface area contributed by atoms with Crippen LogP contribution in [0.5, 0.6) is 0 Å². The maximum absolute atomic E-state index is 12.8. The second kappa shape index (κ2) is 10.2. The van der Waals surface area contributed by atoms with Crippen molar-refractivity contribution in [1.29, 1.82) is 0 Å². The lowest BCUT2D eigenvalue weighted by Crippen LogP contribution is -2.45. The molecule has 1 atom stereocenters. The molecule has 0 heterocycles. The summed E-state index contributed by atoms with van der Waals surface area (Å²) in [5, 5.41) is 6.09. The van der Waals surface area contributed by atoms with Crippen molar-refractivity contribution >= 4 is 11.8 Å². The molecule has 0 aliphatic heterocycles. The molecule has 6 heteroatoms. The number of amides is 2. The van der Waals surface area contributed by atoms with Gasteiger partial charge in [-0.2, -0.15) is 0 Å². The largest absolute Gasteiger partial charge is 0.380 e. The Morgan fingerprint density at radius 1 is 0.897 bits per heavy atom. The Morgan fingerprint density at radius 2 is 1.41 bits per heavy atom. The van der Waals surface area contributed by atoms with Gasteiger partial charge in [-0.25, -0.2) is 0 Å². The molecule has 6 nitrogen and oxygen atoms in total. The molecule has 2 N–H and O–H groups in total. The number of nitrogens with one attached hydrogen (secondary N) is 2. The quantitative estimate of drug-likeness (QED) is 0.647. The van der Waals surface area contributed by atoms with Crippen LogP contribution < -0.4 is 10.6 Å². The molecule has 1 aliphatic rings. The van der Waals surface area contributed by atoms with Gasteiger partial charge in [-0.1, -0.05) is 36.4 Å². The molecule has 0 spiro atoms. The Labute approximate surface area is 171 Å². The first-order valence-corrected chi connectivity index (χ1v) is 9.86. The molecule has 0 radical (unpaired) electrons. The average molecular weight is 396 g/mol. The lowest BCUT2D eigenvalue weighted by Gasteiger charge is -2.20. The molecule has 2 amide bonds. The average Bonchev–Trinajstić information content (AvgIpc) is 3.57. The van der Waals surface area contributed by atoms with E-state index in [-0.39, 0.29) is 17.9 Å². The molecule has 1 saturated carbocycles. The number of hydrogen-bond donors (Lipinski definition) is 2. The third-order valence-corrected chi connectivity index (χ3v) is 5.11. The Hall–Kier alpha value is -2.70. The number of ether oxygens (including phenoxy) is 2. The van der Waals surface area contributed by atoms with Crippen LogP contribution in [0.25, 0.3) is 0 Å². The second-order valence-corrected chi connectivity index (χ2v) is 7.31. The molecule has 29 heavy (non-hydrogen) atoms. The van der Waals surface area contributed by atoms with Crippen molar-refractivity contribution in [2.24, 2.45) is 5.92 Å². The van der Waals surface area contributed by atoms with Crippen molar-refractivity contribution in [1.82, 2.24) is 10.6 Å². The van der Waals surface area contributed by atoms with E-state index in [0.717, 1.165) is 24.0 Å². The first-order valence-electron chi connectivity index (χ1n) is 9.86. The lowest BCUT2D eigenvalue weighted by molar-refractivity contribution is 0.0899. The lowest BCUT2D eigenvalue weighted by atomic mass is 10.1. The highest BCUT2D eigenvalue weighted by atomic mass is 16.5. The maximum atomic E-state index is 12.8. The fraction of sp³-hybridized carbons (Fsp3) is 0.391. The molecule has 1 unspecified atom stereocenters. The minimum absolute atomic E-state index is 0.100. The highest BCUT2D eigenvalue weighted by molar-refractivity contribution is 5.97. The zero-order chi connectivity index (χ0) is 20.6. The molecule has 154 valence electrons. The molecular weight excluding hydrogens is 368 g/mol. The van der Waals surface area contributed by atoms with Crippen molar-refractivity contribution in [3.63, 3.8) is 0 Å². The summed E-state index contributed by atoms with van der Waals surface area (Å²) in [5.41, 5.74) is 2.89. The topological polar surface area (TPSA) is 76.7 Å². The number of benzene rings is 2. The minimum atomic E-state index is -0.155. The van der Waals surface area contributed by atoms with E-state index in [2.05, 4.69) is 10.6 Å². The fourth-order valence-corrected chi connectivity index (χ4v) is 3.42. The first kappa shape index (κ1) is 21.0. The minimum Gasteiger partial charge on any atom is -0.380 e. The zero-order valence-electron chi connectivity index (χ0n) is 16.9. The third kappa shape index (κ3) is 5.65. The summed E-state index contributed by atoms with van der Waals surface area (Å²) in [6.07, 6.45) is 2.11. The predicted molar refractivity (Wildman–Crippen MR) is 111 cm³/mol. The summed E-state index contributed by atoms with van der Waals surface area (Å²) in [6, 6.07) is 14.7. The molecule has 0 bridgehead atoms. The SMILES string of the molecule is COCc1ccccc1C(=O)NCC(NC(=O)c1ccccc1COC)C1CC1. The van der Waals surface area contributed by atoms with Crippen LogP contribution >= 0.6 is 0 Å². The van der Waals surface area contributed by atoms with Gasteiger partial charge in [0.25, 0.3) is 11.8 Å². The monoisotopic (exact) mass is 396 g/mol. The normalized spacial score (nSPS) is 14.3. The van der Waals surface area contributed by atoms with E-state index in [1.807, 2.05) is 36.4 Å². The van der Waals surface area contributed by atoms with Crippen LogP contribution in [0.2, 0.25) is 0 Å². The highest BCUT2D eigenvalue weighted by Crippen LogP contribution is 2.32. The van der Waals surface area contributed by atoms with E-state index in [0.29, 0.717) is 36.8 Å². The van der Waals surface area contributed by atoms with Gasteiger partial charge in [-0.3, -0.25) is 9.59 Å².